The van der Waals surface area contributed by atoms with Gasteiger partial charge < -0.3 is 5.32 Å². The first-order chi connectivity index (χ1) is 5.68. The number of halogens is 1. The molecule has 0 aliphatic heterocycles. The zero-order valence-electron chi connectivity index (χ0n) is 6.25. The standard InChI is InChI=1S/C8H8BrNOS/c9-7-3-1-6(2-4-7)5-10-8(11)12/h1-4H,5H2,(H2,10,11,12). The van der Waals surface area contributed by atoms with E-state index in [1.807, 2.05) is 24.3 Å². The number of rotatable bonds is 2. The average molecular weight is 246 g/mol. The summed E-state index contributed by atoms with van der Waals surface area (Å²) >= 11 is 6.91. The van der Waals surface area contributed by atoms with Crippen molar-refractivity contribution in [3.05, 3.63) is 34.3 Å². The number of carbonyl (C=O) groups excluding carboxylic acids is 1. The van der Waals surface area contributed by atoms with Crippen LogP contribution < -0.4 is 5.32 Å². The molecule has 1 rings (SSSR count). The van der Waals surface area contributed by atoms with Crippen LogP contribution in [-0.2, 0) is 6.54 Å². The average Bonchev–Trinajstić information content (AvgIpc) is 2.03. The van der Waals surface area contributed by atoms with Gasteiger partial charge in [-0.15, -0.1) is 0 Å². The van der Waals surface area contributed by atoms with Crippen molar-refractivity contribution in [3.8, 4) is 0 Å². The van der Waals surface area contributed by atoms with Crippen LogP contribution in [0.2, 0.25) is 0 Å². The van der Waals surface area contributed by atoms with E-state index in [9.17, 15) is 4.79 Å². The second-order valence-electron chi connectivity index (χ2n) is 2.29. The van der Waals surface area contributed by atoms with Gasteiger partial charge >= 0.3 is 0 Å². The Morgan fingerprint density at radius 2 is 2.00 bits per heavy atom. The Morgan fingerprint density at radius 1 is 1.42 bits per heavy atom. The van der Waals surface area contributed by atoms with Gasteiger partial charge in [0, 0.05) is 11.0 Å². The number of benzene rings is 1. The Kier molecular flexibility index (Phi) is 3.62. The largest absolute Gasteiger partial charge is 0.343 e. The summed E-state index contributed by atoms with van der Waals surface area (Å²) in [5, 5.41) is 2.28. The van der Waals surface area contributed by atoms with E-state index in [1.54, 1.807) is 0 Å². The molecular weight excluding hydrogens is 238 g/mol. The SMILES string of the molecule is O=C(S)NCc1ccc(Br)cc1. The third kappa shape index (κ3) is 3.28. The molecule has 0 saturated heterocycles. The minimum Gasteiger partial charge on any atom is -0.343 e. The highest BCUT2D eigenvalue weighted by Gasteiger charge is 1.94. The normalized spacial score (nSPS) is 9.50. The maximum absolute atomic E-state index is 10.4. The third-order valence-electron chi connectivity index (χ3n) is 1.36. The molecular formula is C8H8BrNOS. The van der Waals surface area contributed by atoms with Crippen LogP contribution in [0.1, 0.15) is 5.56 Å². The van der Waals surface area contributed by atoms with Crippen LogP contribution in [0.15, 0.2) is 28.7 Å². The van der Waals surface area contributed by atoms with Gasteiger partial charge in [0.1, 0.15) is 0 Å². The molecule has 0 aliphatic rings. The molecule has 0 aromatic heterocycles. The molecule has 0 saturated carbocycles. The van der Waals surface area contributed by atoms with Gasteiger partial charge in [-0.1, -0.05) is 40.7 Å². The Balaban J connectivity index is 2.53. The lowest BCUT2D eigenvalue weighted by Crippen LogP contribution is -2.15. The molecule has 4 heteroatoms. The Hall–Kier alpha value is -0.480. The summed E-state index contributed by atoms with van der Waals surface area (Å²) in [7, 11) is 0. The molecule has 0 radical (unpaired) electrons. The number of nitrogens with one attached hydrogen (secondary N) is 1. The van der Waals surface area contributed by atoms with Crippen LogP contribution in [0.4, 0.5) is 4.79 Å². The first-order valence-electron chi connectivity index (χ1n) is 3.40. The van der Waals surface area contributed by atoms with Crippen molar-refractivity contribution >= 4 is 33.8 Å². The highest BCUT2D eigenvalue weighted by atomic mass is 79.9. The fourth-order valence-electron chi connectivity index (χ4n) is 0.780. The van der Waals surface area contributed by atoms with Crippen LogP contribution >= 0.6 is 28.6 Å². The van der Waals surface area contributed by atoms with Crippen molar-refractivity contribution in [1.29, 1.82) is 0 Å². The minimum absolute atomic E-state index is 0.307. The first-order valence-corrected chi connectivity index (χ1v) is 4.64. The lowest BCUT2D eigenvalue weighted by atomic mass is 10.2. The van der Waals surface area contributed by atoms with Gasteiger partial charge in [0.15, 0.2) is 0 Å². The maximum Gasteiger partial charge on any atom is 0.276 e. The van der Waals surface area contributed by atoms with Crippen molar-refractivity contribution in [2.24, 2.45) is 0 Å². The zero-order chi connectivity index (χ0) is 8.97. The topological polar surface area (TPSA) is 29.1 Å². The third-order valence-corrected chi connectivity index (χ3v) is 2.04. The van der Waals surface area contributed by atoms with Crippen LogP contribution in [0.5, 0.6) is 0 Å². The smallest absolute Gasteiger partial charge is 0.276 e. The van der Waals surface area contributed by atoms with Gasteiger partial charge in [-0.3, -0.25) is 4.79 Å². The second-order valence-corrected chi connectivity index (χ2v) is 3.61. The predicted octanol–water partition coefficient (Wildman–Crippen LogP) is 2.59. The lowest BCUT2D eigenvalue weighted by molar-refractivity contribution is 0.260. The van der Waals surface area contributed by atoms with Gasteiger partial charge in [-0.05, 0) is 17.7 Å². The molecule has 1 aromatic carbocycles. The molecule has 2 nitrogen and oxygen atoms in total. The maximum atomic E-state index is 10.4. The Morgan fingerprint density at radius 3 is 2.50 bits per heavy atom. The van der Waals surface area contributed by atoms with Gasteiger partial charge in [0.2, 0.25) is 0 Å². The fourth-order valence-corrected chi connectivity index (χ4v) is 1.12. The number of carbonyl (C=O) groups is 1. The number of hydrogen-bond donors (Lipinski definition) is 2. The van der Waals surface area contributed by atoms with Crippen LogP contribution in [0.25, 0.3) is 0 Å². The molecule has 1 N–H and O–H groups in total. The summed E-state index contributed by atoms with van der Waals surface area (Å²) in [4.78, 5) is 10.4. The molecule has 1 amide bonds. The molecule has 0 atom stereocenters. The summed E-state index contributed by atoms with van der Waals surface area (Å²) in [6.07, 6.45) is 0. The minimum atomic E-state index is -0.307. The van der Waals surface area contributed by atoms with Crippen LogP contribution in [0, 0.1) is 0 Å². The molecule has 64 valence electrons. The van der Waals surface area contributed by atoms with E-state index < -0.39 is 0 Å². The van der Waals surface area contributed by atoms with E-state index in [-0.39, 0.29) is 5.24 Å². The van der Waals surface area contributed by atoms with E-state index in [0.717, 1.165) is 10.0 Å². The van der Waals surface area contributed by atoms with Crippen molar-refractivity contribution in [1.82, 2.24) is 5.32 Å². The molecule has 0 bridgehead atoms. The Bertz CT molecular complexity index is 273. The molecule has 0 heterocycles. The van der Waals surface area contributed by atoms with Gasteiger partial charge in [0.05, 0.1) is 0 Å². The van der Waals surface area contributed by atoms with Gasteiger partial charge in [0.25, 0.3) is 5.24 Å². The van der Waals surface area contributed by atoms with Crippen molar-refractivity contribution in [2.45, 2.75) is 6.54 Å². The van der Waals surface area contributed by atoms with Gasteiger partial charge in [-0.25, -0.2) is 0 Å². The van der Waals surface area contributed by atoms with Crippen molar-refractivity contribution in [3.63, 3.8) is 0 Å². The fraction of sp³-hybridized carbons (Fsp3) is 0.125. The number of amides is 1. The van der Waals surface area contributed by atoms with Crippen molar-refractivity contribution in [2.75, 3.05) is 0 Å². The van der Waals surface area contributed by atoms with Crippen molar-refractivity contribution < 1.29 is 4.79 Å². The summed E-state index contributed by atoms with van der Waals surface area (Å²) in [5.74, 6) is 0. The molecule has 0 unspecified atom stereocenters. The summed E-state index contributed by atoms with van der Waals surface area (Å²) in [5.41, 5.74) is 1.06. The van der Waals surface area contributed by atoms with E-state index in [0.29, 0.717) is 6.54 Å². The zero-order valence-corrected chi connectivity index (χ0v) is 8.73. The molecule has 1 aromatic rings. The summed E-state index contributed by atoms with van der Waals surface area (Å²) < 4.78 is 1.03. The Labute approximate surface area is 84.9 Å². The molecule has 0 spiro atoms. The summed E-state index contributed by atoms with van der Waals surface area (Å²) in [6, 6.07) is 7.74. The number of thiol groups is 1. The highest BCUT2D eigenvalue weighted by molar-refractivity contribution is 9.10. The van der Waals surface area contributed by atoms with E-state index in [1.165, 1.54) is 0 Å². The van der Waals surface area contributed by atoms with Crippen LogP contribution in [0.3, 0.4) is 0 Å². The monoisotopic (exact) mass is 245 g/mol. The van der Waals surface area contributed by atoms with E-state index >= 15 is 0 Å². The quantitative estimate of drug-likeness (QED) is 0.771. The molecule has 0 aliphatic carbocycles. The summed E-state index contributed by atoms with van der Waals surface area (Å²) in [6.45, 7) is 0.523. The lowest BCUT2D eigenvalue weighted by Gasteiger charge is -2.00. The second kappa shape index (κ2) is 4.52. The first kappa shape index (κ1) is 9.61. The van der Waals surface area contributed by atoms with Crippen LogP contribution in [-0.4, -0.2) is 5.24 Å². The predicted molar refractivity (Wildman–Crippen MR) is 55.4 cm³/mol. The highest BCUT2D eigenvalue weighted by Crippen LogP contribution is 2.10. The van der Waals surface area contributed by atoms with E-state index in [4.69, 9.17) is 0 Å². The molecule has 12 heavy (non-hydrogen) atoms. The van der Waals surface area contributed by atoms with E-state index in [2.05, 4.69) is 33.9 Å². The van der Waals surface area contributed by atoms with Gasteiger partial charge in [-0.2, -0.15) is 0 Å². The number of hydrogen-bond acceptors (Lipinski definition) is 1. The molecule has 0 fully saturated rings.